The Kier molecular flexibility index (Phi) is 3.78. The molecule has 0 unspecified atom stereocenters. The first-order chi connectivity index (χ1) is 8.69. The second-order valence-corrected chi connectivity index (χ2v) is 4.57. The highest BCUT2D eigenvalue weighted by atomic mass is 15.1. The molecule has 1 heterocycles. The fourth-order valence-corrected chi connectivity index (χ4v) is 1.82. The van der Waals surface area contributed by atoms with E-state index >= 15 is 0 Å². The minimum absolute atomic E-state index is 0.894. The number of benzene rings is 1. The number of anilines is 1. The summed E-state index contributed by atoms with van der Waals surface area (Å²) in [5.74, 6) is 0. The Morgan fingerprint density at radius 2 is 1.67 bits per heavy atom. The maximum absolute atomic E-state index is 3.76. The third kappa shape index (κ3) is 2.98. The summed E-state index contributed by atoms with van der Waals surface area (Å²) in [6.45, 7) is 4.65. The quantitative estimate of drug-likeness (QED) is 0.744. The van der Waals surface area contributed by atoms with Gasteiger partial charge in [0, 0.05) is 37.5 Å². The van der Waals surface area contributed by atoms with Crippen LogP contribution in [0.2, 0.25) is 0 Å². The van der Waals surface area contributed by atoms with Gasteiger partial charge in [-0.2, -0.15) is 0 Å². The second kappa shape index (κ2) is 5.50. The zero-order valence-corrected chi connectivity index (χ0v) is 11.0. The van der Waals surface area contributed by atoms with Crippen LogP contribution in [0.1, 0.15) is 11.1 Å². The molecule has 0 saturated carbocycles. The number of rotatable bonds is 4. The SMILES string of the molecule is C=Cc1ccc(C[n+]2ccc(N(C)C)cc2)cc1. The van der Waals surface area contributed by atoms with Gasteiger partial charge in [0.25, 0.3) is 0 Å². The molecule has 18 heavy (non-hydrogen) atoms. The van der Waals surface area contributed by atoms with Crippen LogP contribution in [0, 0.1) is 0 Å². The second-order valence-electron chi connectivity index (χ2n) is 4.57. The predicted octanol–water partition coefficient (Wildman–Crippen LogP) is 2.73. The lowest BCUT2D eigenvalue weighted by Crippen LogP contribution is -2.33. The van der Waals surface area contributed by atoms with Crippen molar-refractivity contribution < 1.29 is 4.57 Å². The van der Waals surface area contributed by atoms with E-state index in [0.717, 1.165) is 12.1 Å². The van der Waals surface area contributed by atoms with E-state index in [2.05, 4.69) is 64.8 Å². The summed E-state index contributed by atoms with van der Waals surface area (Å²) in [4.78, 5) is 2.10. The molecule has 1 aromatic carbocycles. The van der Waals surface area contributed by atoms with Crippen molar-refractivity contribution in [1.82, 2.24) is 0 Å². The Labute approximate surface area is 109 Å². The van der Waals surface area contributed by atoms with Crippen LogP contribution in [0.5, 0.6) is 0 Å². The summed E-state index contributed by atoms with van der Waals surface area (Å²) < 4.78 is 2.18. The molecule has 2 rings (SSSR count). The maximum Gasteiger partial charge on any atom is 0.173 e. The Morgan fingerprint density at radius 3 is 2.17 bits per heavy atom. The molecule has 0 amide bonds. The van der Waals surface area contributed by atoms with Gasteiger partial charge in [0.1, 0.15) is 0 Å². The lowest BCUT2D eigenvalue weighted by molar-refractivity contribution is -0.688. The van der Waals surface area contributed by atoms with Crippen molar-refractivity contribution in [3.8, 4) is 0 Å². The van der Waals surface area contributed by atoms with Crippen molar-refractivity contribution in [2.24, 2.45) is 0 Å². The summed E-state index contributed by atoms with van der Waals surface area (Å²) in [5.41, 5.74) is 3.67. The molecule has 92 valence electrons. The molecular weight excluding hydrogens is 220 g/mol. The molecule has 2 aromatic rings. The van der Waals surface area contributed by atoms with E-state index in [1.807, 2.05) is 20.2 Å². The van der Waals surface area contributed by atoms with E-state index in [0.29, 0.717) is 0 Å². The molecule has 0 aliphatic heterocycles. The average molecular weight is 239 g/mol. The topological polar surface area (TPSA) is 7.12 Å². The molecule has 0 fully saturated rings. The van der Waals surface area contributed by atoms with E-state index in [1.54, 1.807) is 0 Å². The summed E-state index contributed by atoms with van der Waals surface area (Å²) in [7, 11) is 4.10. The van der Waals surface area contributed by atoms with Crippen molar-refractivity contribution in [2.75, 3.05) is 19.0 Å². The summed E-state index contributed by atoms with van der Waals surface area (Å²) in [6.07, 6.45) is 6.08. The van der Waals surface area contributed by atoms with Gasteiger partial charge in [0.2, 0.25) is 0 Å². The molecule has 2 heteroatoms. The Hall–Kier alpha value is -2.09. The van der Waals surface area contributed by atoms with E-state index in [1.165, 1.54) is 11.3 Å². The summed E-state index contributed by atoms with van der Waals surface area (Å²) >= 11 is 0. The van der Waals surface area contributed by atoms with Crippen LogP contribution in [0.3, 0.4) is 0 Å². The average Bonchev–Trinajstić information content (AvgIpc) is 2.40. The summed E-state index contributed by atoms with van der Waals surface area (Å²) in [6, 6.07) is 12.7. The lowest BCUT2D eigenvalue weighted by Gasteiger charge is -2.10. The van der Waals surface area contributed by atoms with Crippen LogP contribution in [0.4, 0.5) is 5.69 Å². The Morgan fingerprint density at radius 1 is 1.06 bits per heavy atom. The third-order valence-electron chi connectivity index (χ3n) is 2.97. The smallest absolute Gasteiger partial charge is 0.173 e. The van der Waals surface area contributed by atoms with Crippen molar-refractivity contribution in [3.05, 3.63) is 66.5 Å². The van der Waals surface area contributed by atoms with Gasteiger partial charge in [-0.3, -0.25) is 0 Å². The van der Waals surface area contributed by atoms with Gasteiger partial charge < -0.3 is 4.90 Å². The van der Waals surface area contributed by atoms with E-state index in [9.17, 15) is 0 Å². The molecule has 0 saturated heterocycles. The van der Waals surface area contributed by atoms with Crippen molar-refractivity contribution in [2.45, 2.75) is 6.54 Å². The van der Waals surface area contributed by atoms with E-state index < -0.39 is 0 Å². The largest absolute Gasteiger partial charge is 0.377 e. The fourth-order valence-electron chi connectivity index (χ4n) is 1.82. The molecule has 2 nitrogen and oxygen atoms in total. The molecule has 0 bridgehead atoms. The first kappa shape index (κ1) is 12.4. The van der Waals surface area contributed by atoms with Gasteiger partial charge >= 0.3 is 0 Å². The van der Waals surface area contributed by atoms with Crippen LogP contribution in [-0.2, 0) is 6.54 Å². The zero-order valence-electron chi connectivity index (χ0n) is 11.0. The van der Waals surface area contributed by atoms with Crippen LogP contribution in [0.25, 0.3) is 6.08 Å². The molecule has 0 aliphatic carbocycles. The van der Waals surface area contributed by atoms with Gasteiger partial charge in [-0.25, -0.2) is 4.57 Å². The highest BCUT2D eigenvalue weighted by molar-refractivity contribution is 5.47. The van der Waals surface area contributed by atoms with Gasteiger partial charge in [0.05, 0.1) is 0 Å². The number of hydrogen-bond donors (Lipinski definition) is 0. The highest BCUT2D eigenvalue weighted by Gasteiger charge is 2.03. The Balaban J connectivity index is 2.10. The zero-order chi connectivity index (χ0) is 13.0. The molecule has 0 atom stereocenters. The molecule has 0 spiro atoms. The Bertz CT molecular complexity index is 510. The van der Waals surface area contributed by atoms with E-state index in [4.69, 9.17) is 0 Å². The molecule has 0 aliphatic rings. The molecule has 0 N–H and O–H groups in total. The number of pyridine rings is 1. The van der Waals surface area contributed by atoms with Crippen LogP contribution < -0.4 is 9.47 Å². The van der Waals surface area contributed by atoms with Crippen LogP contribution in [0.15, 0.2) is 55.4 Å². The number of aromatic nitrogens is 1. The maximum atomic E-state index is 3.76. The lowest BCUT2D eigenvalue weighted by atomic mass is 10.1. The van der Waals surface area contributed by atoms with Crippen molar-refractivity contribution in [3.63, 3.8) is 0 Å². The van der Waals surface area contributed by atoms with Crippen LogP contribution in [-0.4, -0.2) is 14.1 Å². The monoisotopic (exact) mass is 239 g/mol. The normalized spacial score (nSPS) is 10.1. The third-order valence-corrected chi connectivity index (χ3v) is 2.97. The van der Waals surface area contributed by atoms with Crippen molar-refractivity contribution >= 4 is 11.8 Å². The first-order valence-corrected chi connectivity index (χ1v) is 6.07. The van der Waals surface area contributed by atoms with Crippen molar-refractivity contribution in [1.29, 1.82) is 0 Å². The van der Waals surface area contributed by atoms with Gasteiger partial charge in [-0.05, 0) is 5.56 Å². The highest BCUT2D eigenvalue weighted by Crippen LogP contribution is 2.08. The van der Waals surface area contributed by atoms with Crippen LogP contribution >= 0.6 is 0 Å². The first-order valence-electron chi connectivity index (χ1n) is 6.07. The molecular formula is C16H19N2+. The van der Waals surface area contributed by atoms with E-state index in [-0.39, 0.29) is 0 Å². The fraction of sp³-hybridized carbons (Fsp3) is 0.188. The van der Waals surface area contributed by atoms with Gasteiger partial charge in [-0.1, -0.05) is 36.9 Å². The summed E-state index contributed by atoms with van der Waals surface area (Å²) in [5, 5.41) is 0. The number of hydrogen-bond acceptors (Lipinski definition) is 1. The van der Waals surface area contributed by atoms with Gasteiger partial charge in [0.15, 0.2) is 18.9 Å². The predicted molar refractivity (Wildman–Crippen MR) is 76.6 cm³/mol. The molecule has 1 aromatic heterocycles. The minimum atomic E-state index is 0.894. The standard InChI is InChI=1S/C16H19N2/c1-4-14-5-7-15(8-6-14)13-18-11-9-16(10-12-18)17(2)3/h4-12H,1,13H2,2-3H3/q+1. The minimum Gasteiger partial charge on any atom is -0.377 e. The number of nitrogens with zero attached hydrogens (tertiary/aromatic N) is 2. The molecule has 0 radical (unpaired) electrons. The van der Waals surface area contributed by atoms with Gasteiger partial charge in [-0.15, -0.1) is 0 Å².